The summed E-state index contributed by atoms with van der Waals surface area (Å²) < 4.78 is 0.970. The highest BCUT2D eigenvalue weighted by molar-refractivity contribution is 9.10. The van der Waals surface area contributed by atoms with Crippen molar-refractivity contribution in [3.8, 4) is 6.07 Å². The standard InChI is InChI=1S/C15H12BrN3O2/c1-10(11-3-2-4-13(16)7-11)18-15-6-5-14(19(20)21)8-12(15)9-17/h2-8,10,18H,1H3. The van der Waals surface area contributed by atoms with Crippen molar-refractivity contribution >= 4 is 27.3 Å². The summed E-state index contributed by atoms with van der Waals surface area (Å²) >= 11 is 3.41. The molecule has 6 heteroatoms. The van der Waals surface area contributed by atoms with Gasteiger partial charge in [0.15, 0.2) is 0 Å². The Kier molecular flexibility index (Phi) is 4.55. The van der Waals surface area contributed by atoms with Crippen LogP contribution in [0.15, 0.2) is 46.9 Å². The van der Waals surface area contributed by atoms with Gasteiger partial charge in [0, 0.05) is 22.6 Å². The number of anilines is 1. The van der Waals surface area contributed by atoms with Gasteiger partial charge in [-0.15, -0.1) is 0 Å². The molecule has 0 radical (unpaired) electrons. The lowest BCUT2D eigenvalue weighted by atomic mass is 10.1. The van der Waals surface area contributed by atoms with Crippen LogP contribution in [0.2, 0.25) is 0 Å². The number of nitriles is 1. The number of non-ortho nitro benzene ring substituents is 1. The molecule has 2 aromatic carbocycles. The van der Waals surface area contributed by atoms with Crippen molar-refractivity contribution in [2.45, 2.75) is 13.0 Å². The summed E-state index contributed by atoms with van der Waals surface area (Å²) in [5.74, 6) is 0. The van der Waals surface area contributed by atoms with Gasteiger partial charge in [-0.3, -0.25) is 10.1 Å². The summed E-state index contributed by atoms with van der Waals surface area (Å²) in [7, 11) is 0. The van der Waals surface area contributed by atoms with Crippen molar-refractivity contribution in [2.24, 2.45) is 0 Å². The minimum Gasteiger partial charge on any atom is -0.377 e. The van der Waals surface area contributed by atoms with Gasteiger partial charge in [-0.05, 0) is 30.7 Å². The van der Waals surface area contributed by atoms with Crippen LogP contribution < -0.4 is 5.32 Å². The van der Waals surface area contributed by atoms with Gasteiger partial charge in [0.1, 0.15) is 6.07 Å². The molecule has 0 aliphatic carbocycles. The molecule has 1 unspecified atom stereocenters. The first kappa shape index (κ1) is 15.0. The summed E-state index contributed by atoms with van der Waals surface area (Å²) in [4.78, 5) is 10.2. The van der Waals surface area contributed by atoms with E-state index in [4.69, 9.17) is 5.26 Å². The molecule has 0 aromatic heterocycles. The SMILES string of the molecule is CC(Nc1ccc([N+](=O)[O-])cc1C#N)c1cccc(Br)c1. The summed E-state index contributed by atoms with van der Waals surface area (Å²) in [6.07, 6.45) is 0. The molecule has 2 rings (SSSR count). The molecule has 0 saturated carbocycles. The van der Waals surface area contributed by atoms with E-state index in [0.29, 0.717) is 5.69 Å². The second-order valence-electron chi connectivity index (χ2n) is 4.52. The second kappa shape index (κ2) is 6.37. The highest BCUT2D eigenvalue weighted by Crippen LogP contribution is 2.26. The van der Waals surface area contributed by atoms with Crippen LogP contribution in [-0.2, 0) is 0 Å². The third kappa shape index (κ3) is 3.58. The quantitative estimate of drug-likeness (QED) is 0.657. The second-order valence-corrected chi connectivity index (χ2v) is 5.44. The molecule has 1 N–H and O–H groups in total. The van der Waals surface area contributed by atoms with Crippen molar-refractivity contribution in [3.05, 3.63) is 68.2 Å². The fourth-order valence-electron chi connectivity index (χ4n) is 1.96. The summed E-state index contributed by atoms with van der Waals surface area (Å²) in [6, 6.07) is 14.0. The minimum atomic E-state index is -0.512. The van der Waals surface area contributed by atoms with Gasteiger partial charge >= 0.3 is 0 Å². The van der Waals surface area contributed by atoms with E-state index in [9.17, 15) is 10.1 Å². The number of halogens is 1. The summed E-state index contributed by atoms with van der Waals surface area (Å²) in [5, 5.41) is 23.1. The van der Waals surface area contributed by atoms with Gasteiger partial charge < -0.3 is 5.32 Å². The number of rotatable bonds is 4. The van der Waals surface area contributed by atoms with Gasteiger partial charge in [-0.1, -0.05) is 28.1 Å². The highest BCUT2D eigenvalue weighted by atomic mass is 79.9. The number of nitrogens with one attached hydrogen (secondary N) is 1. The first-order valence-electron chi connectivity index (χ1n) is 6.22. The van der Waals surface area contributed by atoms with Crippen LogP contribution in [0.1, 0.15) is 24.1 Å². The van der Waals surface area contributed by atoms with E-state index < -0.39 is 4.92 Å². The van der Waals surface area contributed by atoms with Crippen LogP contribution in [0.25, 0.3) is 0 Å². The van der Waals surface area contributed by atoms with E-state index in [0.717, 1.165) is 10.0 Å². The van der Waals surface area contributed by atoms with Gasteiger partial charge in [0.2, 0.25) is 0 Å². The largest absolute Gasteiger partial charge is 0.377 e. The smallest absolute Gasteiger partial charge is 0.270 e. The highest BCUT2D eigenvalue weighted by Gasteiger charge is 2.13. The Hall–Kier alpha value is -2.39. The maximum absolute atomic E-state index is 10.7. The van der Waals surface area contributed by atoms with Crippen LogP contribution in [0.3, 0.4) is 0 Å². The summed E-state index contributed by atoms with van der Waals surface area (Å²) in [5.41, 5.74) is 1.79. The molecule has 21 heavy (non-hydrogen) atoms. The van der Waals surface area contributed by atoms with Crippen LogP contribution in [0.5, 0.6) is 0 Å². The molecule has 0 aliphatic heterocycles. The molecular formula is C15H12BrN3O2. The average molecular weight is 346 g/mol. The monoisotopic (exact) mass is 345 g/mol. The Morgan fingerprint density at radius 1 is 1.33 bits per heavy atom. The molecular weight excluding hydrogens is 334 g/mol. The lowest BCUT2D eigenvalue weighted by Gasteiger charge is -2.16. The number of nitrogens with zero attached hydrogens (tertiary/aromatic N) is 2. The molecule has 0 fully saturated rings. The molecule has 1 atom stereocenters. The Morgan fingerprint density at radius 3 is 2.71 bits per heavy atom. The molecule has 0 bridgehead atoms. The van der Waals surface area contributed by atoms with E-state index in [2.05, 4.69) is 21.2 Å². The third-order valence-electron chi connectivity index (χ3n) is 3.06. The van der Waals surface area contributed by atoms with Crippen molar-refractivity contribution in [3.63, 3.8) is 0 Å². The van der Waals surface area contributed by atoms with Gasteiger partial charge in [-0.2, -0.15) is 5.26 Å². The lowest BCUT2D eigenvalue weighted by Crippen LogP contribution is -2.08. The van der Waals surface area contributed by atoms with Crippen LogP contribution in [0.4, 0.5) is 11.4 Å². The van der Waals surface area contributed by atoms with Gasteiger partial charge in [0.25, 0.3) is 5.69 Å². The topological polar surface area (TPSA) is 79.0 Å². The first-order valence-corrected chi connectivity index (χ1v) is 7.01. The van der Waals surface area contributed by atoms with E-state index in [1.807, 2.05) is 37.3 Å². The number of nitro benzene ring substituents is 1. The van der Waals surface area contributed by atoms with Crippen molar-refractivity contribution in [1.82, 2.24) is 0 Å². The molecule has 0 aliphatic rings. The van der Waals surface area contributed by atoms with Crippen LogP contribution in [0, 0.1) is 21.4 Å². The first-order chi connectivity index (χ1) is 10.0. The zero-order valence-electron chi connectivity index (χ0n) is 11.2. The van der Waals surface area contributed by atoms with Crippen molar-refractivity contribution in [1.29, 1.82) is 5.26 Å². The Morgan fingerprint density at radius 2 is 2.10 bits per heavy atom. The van der Waals surface area contributed by atoms with Crippen molar-refractivity contribution in [2.75, 3.05) is 5.32 Å². The zero-order valence-corrected chi connectivity index (χ0v) is 12.8. The molecule has 106 valence electrons. The fourth-order valence-corrected chi connectivity index (χ4v) is 2.37. The predicted molar refractivity (Wildman–Crippen MR) is 84.0 cm³/mol. The Balaban J connectivity index is 2.27. The Labute approximate surface area is 130 Å². The Bertz CT molecular complexity index is 725. The van der Waals surface area contributed by atoms with Crippen molar-refractivity contribution < 1.29 is 4.92 Å². The minimum absolute atomic E-state index is 0.0314. The molecule has 5 nitrogen and oxygen atoms in total. The number of nitro groups is 1. The van der Waals surface area contributed by atoms with E-state index in [-0.39, 0.29) is 17.3 Å². The van der Waals surface area contributed by atoms with Gasteiger partial charge in [-0.25, -0.2) is 0 Å². The third-order valence-corrected chi connectivity index (χ3v) is 3.55. The lowest BCUT2D eigenvalue weighted by molar-refractivity contribution is -0.384. The molecule has 0 amide bonds. The normalized spacial score (nSPS) is 11.5. The van der Waals surface area contributed by atoms with Crippen LogP contribution in [-0.4, -0.2) is 4.92 Å². The summed E-state index contributed by atoms with van der Waals surface area (Å²) in [6.45, 7) is 1.96. The van der Waals surface area contributed by atoms with E-state index >= 15 is 0 Å². The fraction of sp³-hybridized carbons (Fsp3) is 0.133. The average Bonchev–Trinajstić information content (AvgIpc) is 2.47. The molecule has 0 saturated heterocycles. The van der Waals surface area contributed by atoms with E-state index in [1.165, 1.54) is 12.1 Å². The molecule has 0 heterocycles. The maximum Gasteiger partial charge on any atom is 0.270 e. The maximum atomic E-state index is 10.7. The molecule has 2 aromatic rings. The van der Waals surface area contributed by atoms with Gasteiger partial charge in [0.05, 0.1) is 16.2 Å². The number of hydrogen-bond acceptors (Lipinski definition) is 4. The molecule has 0 spiro atoms. The number of hydrogen-bond donors (Lipinski definition) is 1. The van der Waals surface area contributed by atoms with Crippen LogP contribution >= 0.6 is 15.9 Å². The zero-order chi connectivity index (χ0) is 15.4. The predicted octanol–water partition coefficient (Wildman–Crippen LogP) is 4.40. The number of benzene rings is 2. The van der Waals surface area contributed by atoms with E-state index in [1.54, 1.807) is 6.07 Å².